The molecule has 1 aliphatic heterocycles. The third kappa shape index (κ3) is 3.20. The van der Waals surface area contributed by atoms with Crippen LogP contribution in [0.4, 0.5) is 16.3 Å². The number of hydrogen-bond acceptors (Lipinski definition) is 5. The Labute approximate surface area is 157 Å². The van der Waals surface area contributed by atoms with Gasteiger partial charge in [-0.25, -0.2) is 9.78 Å². The molecule has 1 aromatic heterocycles. The molecule has 0 radical (unpaired) electrons. The molecule has 8 heteroatoms. The number of benzene rings is 1. The van der Waals surface area contributed by atoms with Crippen molar-refractivity contribution in [1.29, 1.82) is 0 Å². The average molecular weight is 377 g/mol. The molecule has 26 heavy (non-hydrogen) atoms. The Morgan fingerprint density at radius 1 is 1.27 bits per heavy atom. The Balaban J connectivity index is 2.09. The summed E-state index contributed by atoms with van der Waals surface area (Å²) >= 11 is 5.99. The normalized spacial score (nSPS) is 17.9. The monoisotopic (exact) mass is 376 g/mol. The van der Waals surface area contributed by atoms with Gasteiger partial charge in [0.25, 0.3) is 0 Å². The van der Waals surface area contributed by atoms with Crippen LogP contribution in [0.1, 0.15) is 25.5 Å². The second-order valence-electron chi connectivity index (χ2n) is 6.12. The van der Waals surface area contributed by atoms with Crippen LogP contribution in [-0.2, 0) is 4.74 Å². The van der Waals surface area contributed by atoms with E-state index in [4.69, 9.17) is 21.1 Å². The zero-order chi connectivity index (χ0) is 18.8. The summed E-state index contributed by atoms with van der Waals surface area (Å²) in [6, 6.07) is 6.72. The molecule has 138 valence electrons. The van der Waals surface area contributed by atoms with E-state index in [0.717, 1.165) is 17.0 Å². The van der Waals surface area contributed by atoms with Gasteiger partial charge in [0.05, 0.1) is 25.8 Å². The number of carbonyl (C=O) groups is 1. The number of halogens is 1. The summed E-state index contributed by atoms with van der Waals surface area (Å²) < 4.78 is 10.4. The number of amides is 2. The third-order valence-corrected chi connectivity index (χ3v) is 4.63. The van der Waals surface area contributed by atoms with E-state index in [1.807, 2.05) is 38.1 Å². The highest BCUT2D eigenvalue weighted by Gasteiger charge is 2.40. The lowest BCUT2D eigenvalue weighted by Crippen LogP contribution is -2.54. The van der Waals surface area contributed by atoms with Gasteiger partial charge in [0.15, 0.2) is 0 Å². The summed E-state index contributed by atoms with van der Waals surface area (Å²) in [7, 11) is 3.21. The predicted molar refractivity (Wildman–Crippen MR) is 100 cm³/mol. The lowest BCUT2D eigenvalue weighted by molar-refractivity contribution is 0.179. The van der Waals surface area contributed by atoms with Crippen molar-refractivity contribution < 1.29 is 14.3 Å². The van der Waals surface area contributed by atoms with Crippen LogP contribution in [0.15, 0.2) is 30.5 Å². The molecule has 7 nitrogen and oxygen atoms in total. The highest BCUT2D eigenvalue weighted by molar-refractivity contribution is 6.28. The van der Waals surface area contributed by atoms with Crippen molar-refractivity contribution in [3.8, 4) is 5.75 Å². The summed E-state index contributed by atoms with van der Waals surface area (Å²) in [5.41, 5.74) is 1.59. The SMILES string of the molecule is COC[C@@H](C)N1C(=O)N(c2ccc(OC)cc2)[C@@H](C)c2cnc(Cl)nc21. The highest BCUT2D eigenvalue weighted by atomic mass is 35.5. The Morgan fingerprint density at radius 2 is 1.96 bits per heavy atom. The Kier molecular flexibility index (Phi) is 5.29. The van der Waals surface area contributed by atoms with Crippen LogP contribution in [0.2, 0.25) is 5.28 Å². The standard InChI is InChI=1S/C18H21ClN4O3/c1-11(10-25-3)22-16-15(9-20-17(19)21-16)12(2)23(18(22)24)13-5-7-14(26-4)8-6-13/h5-9,11-12H,10H2,1-4H3/t11-,12+/m1/s1. The number of urea groups is 1. The Bertz CT molecular complexity index is 800. The summed E-state index contributed by atoms with van der Waals surface area (Å²) in [5, 5.41) is 0.108. The van der Waals surface area contributed by atoms with Gasteiger partial charge in [-0.3, -0.25) is 9.80 Å². The summed E-state index contributed by atoms with van der Waals surface area (Å²) in [5.74, 6) is 1.25. The van der Waals surface area contributed by atoms with Gasteiger partial charge in [0, 0.05) is 24.6 Å². The van der Waals surface area contributed by atoms with Gasteiger partial charge in [-0.2, -0.15) is 4.98 Å². The molecule has 3 rings (SSSR count). The van der Waals surface area contributed by atoms with Gasteiger partial charge < -0.3 is 9.47 Å². The quantitative estimate of drug-likeness (QED) is 0.744. The van der Waals surface area contributed by atoms with E-state index >= 15 is 0 Å². The molecule has 0 aliphatic carbocycles. The van der Waals surface area contributed by atoms with Crippen LogP contribution >= 0.6 is 11.6 Å². The number of nitrogens with zero attached hydrogens (tertiary/aromatic N) is 4. The lowest BCUT2D eigenvalue weighted by Gasteiger charge is -2.42. The second kappa shape index (κ2) is 7.47. The molecule has 2 heterocycles. The third-order valence-electron chi connectivity index (χ3n) is 4.44. The highest BCUT2D eigenvalue weighted by Crippen LogP contribution is 2.39. The van der Waals surface area contributed by atoms with Gasteiger partial charge in [-0.15, -0.1) is 0 Å². The first-order valence-corrected chi connectivity index (χ1v) is 8.63. The first-order valence-electron chi connectivity index (χ1n) is 8.25. The number of ether oxygens (including phenoxy) is 2. The minimum absolute atomic E-state index is 0.108. The summed E-state index contributed by atoms with van der Waals surface area (Å²) in [6.45, 7) is 4.22. The number of fused-ring (bicyclic) bond motifs is 1. The molecule has 0 saturated heterocycles. The van der Waals surface area contributed by atoms with Crippen molar-refractivity contribution in [3.05, 3.63) is 41.3 Å². The minimum atomic E-state index is -0.242. The van der Waals surface area contributed by atoms with Gasteiger partial charge in [0.1, 0.15) is 11.6 Å². The van der Waals surface area contributed by atoms with Crippen molar-refractivity contribution in [2.24, 2.45) is 0 Å². The average Bonchev–Trinajstić information content (AvgIpc) is 2.62. The molecule has 2 aromatic rings. The smallest absolute Gasteiger partial charge is 0.331 e. The molecular weight excluding hydrogens is 356 g/mol. The van der Waals surface area contributed by atoms with Crippen LogP contribution in [0, 0.1) is 0 Å². The molecule has 0 saturated carbocycles. The Hall–Kier alpha value is -2.38. The fraction of sp³-hybridized carbons (Fsp3) is 0.389. The number of anilines is 2. The molecule has 1 aromatic carbocycles. The molecule has 2 atom stereocenters. The molecule has 0 spiro atoms. The predicted octanol–water partition coefficient (Wildman–Crippen LogP) is 3.68. The van der Waals surface area contributed by atoms with Gasteiger partial charge in [-0.1, -0.05) is 0 Å². The van der Waals surface area contributed by atoms with Gasteiger partial charge in [-0.05, 0) is 49.7 Å². The Morgan fingerprint density at radius 3 is 2.58 bits per heavy atom. The van der Waals surface area contributed by atoms with Crippen LogP contribution in [-0.4, -0.2) is 42.9 Å². The maximum Gasteiger partial charge on any atom is 0.331 e. The number of hydrogen-bond donors (Lipinski definition) is 0. The fourth-order valence-electron chi connectivity index (χ4n) is 3.15. The first-order chi connectivity index (χ1) is 12.5. The zero-order valence-corrected chi connectivity index (χ0v) is 15.9. The maximum atomic E-state index is 13.3. The molecular formula is C18H21ClN4O3. The van der Waals surface area contributed by atoms with E-state index in [1.165, 1.54) is 0 Å². The van der Waals surface area contributed by atoms with Crippen LogP contribution in [0.5, 0.6) is 5.75 Å². The van der Waals surface area contributed by atoms with Crippen molar-refractivity contribution in [2.45, 2.75) is 25.9 Å². The summed E-state index contributed by atoms with van der Waals surface area (Å²) in [6.07, 6.45) is 1.67. The number of aromatic nitrogens is 2. The summed E-state index contributed by atoms with van der Waals surface area (Å²) in [4.78, 5) is 25.1. The van der Waals surface area contributed by atoms with Crippen LogP contribution < -0.4 is 14.5 Å². The maximum absolute atomic E-state index is 13.3. The molecule has 2 amide bonds. The zero-order valence-electron chi connectivity index (χ0n) is 15.1. The second-order valence-corrected chi connectivity index (χ2v) is 6.46. The molecule has 1 aliphatic rings. The number of methoxy groups -OCH3 is 2. The van der Waals surface area contributed by atoms with E-state index in [1.54, 1.807) is 30.2 Å². The first kappa shape index (κ1) is 18.4. The van der Waals surface area contributed by atoms with Crippen molar-refractivity contribution >= 4 is 29.1 Å². The van der Waals surface area contributed by atoms with Crippen molar-refractivity contribution in [1.82, 2.24) is 9.97 Å². The van der Waals surface area contributed by atoms with E-state index in [2.05, 4.69) is 9.97 Å². The number of carbonyl (C=O) groups excluding carboxylic acids is 1. The lowest BCUT2D eigenvalue weighted by atomic mass is 10.0. The number of rotatable bonds is 5. The largest absolute Gasteiger partial charge is 0.497 e. The molecule has 0 unspecified atom stereocenters. The topological polar surface area (TPSA) is 67.8 Å². The van der Waals surface area contributed by atoms with E-state index in [9.17, 15) is 4.79 Å². The van der Waals surface area contributed by atoms with Crippen molar-refractivity contribution in [2.75, 3.05) is 30.6 Å². The van der Waals surface area contributed by atoms with Gasteiger partial charge >= 0.3 is 6.03 Å². The van der Waals surface area contributed by atoms with Crippen molar-refractivity contribution in [3.63, 3.8) is 0 Å². The van der Waals surface area contributed by atoms with Gasteiger partial charge in [0.2, 0.25) is 5.28 Å². The molecule has 0 bridgehead atoms. The van der Waals surface area contributed by atoms with E-state index in [-0.39, 0.29) is 23.4 Å². The van der Waals surface area contributed by atoms with E-state index in [0.29, 0.717) is 12.4 Å². The minimum Gasteiger partial charge on any atom is -0.497 e. The van der Waals surface area contributed by atoms with Crippen LogP contribution in [0.25, 0.3) is 0 Å². The molecule has 0 fully saturated rings. The fourth-order valence-corrected chi connectivity index (χ4v) is 3.28. The van der Waals surface area contributed by atoms with Crippen LogP contribution in [0.3, 0.4) is 0 Å². The van der Waals surface area contributed by atoms with E-state index < -0.39 is 0 Å². The molecule has 0 N–H and O–H groups in total.